The van der Waals surface area contributed by atoms with Crippen LogP contribution in [0, 0.1) is 0 Å². The van der Waals surface area contributed by atoms with E-state index in [-0.39, 0.29) is 5.91 Å². The number of hydrogen-bond acceptors (Lipinski definition) is 3. The Kier molecular flexibility index (Phi) is 5.74. The van der Waals surface area contributed by atoms with E-state index in [1.165, 1.54) is 5.56 Å². The van der Waals surface area contributed by atoms with Gasteiger partial charge in [-0.3, -0.25) is 4.79 Å². The number of aromatic nitrogens is 2. The summed E-state index contributed by atoms with van der Waals surface area (Å²) < 4.78 is 6.25. The molecule has 5 aromatic rings. The van der Waals surface area contributed by atoms with E-state index < -0.39 is 5.41 Å². The number of ether oxygens (including phenoxy) is 1. The van der Waals surface area contributed by atoms with E-state index in [1.807, 2.05) is 78.9 Å². The van der Waals surface area contributed by atoms with Crippen molar-refractivity contribution in [1.82, 2.24) is 15.3 Å². The number of H-pyrrole nitrogens is 1. The summed E-state index contributed by atoms with van der Waals surface area (Å²) in [7, 11) is 0. The molecule has 6 rings (SSSR count). The number of aryl methyl sites for hydroxylation is 1. The van der Waals surface area contributed by atoms with E-state index in [0.29, 0.717) is 13.0 Å². The maximum atomic E-state index is 14.3. The van der Waals surface area contributed by atoms with Gasteiger partial charge >= 0.3 is 0 Å². The number of benzene rings is 4. The van der Waals surface area contributed by atoms with Gasteiger partial charge in [0.15, 0.2) is 0 Å². The molecule has 4 aromatic carbocycles. The summed E-state index contributed by atoms with van der Waals surface area (Å²) in [6.07, 6.45) is 2.40. The minimum Gasteiger partial charge on any atom is -0.457 e. The molecule has 2 heterocycles. The number of carbonyl (C=O) groups is 1. The molecule has 0 fully saturated rings. The van der Waals surface area contributed by atoms with Gasteiger partial charge in [-0.2, -0.15) is 0 Å². The predicted octanol–water partition coefficient (Wildman–Crippen LogP) is 6.29. The minimum absolute atomic E-state index is 0.0424. The van der Waals surface area contributed by atoms with Crippen LogP contribution in [-0.2, 0) is 23.2 Å². The van der Waals surface area contributed by atoms with Crippen LogP contribution in [0.25, 0.3) is 11.0 Å². The largest absolute Gasteiger partial charge is 0.457 e. The molecule has 5 heteroatoms. The van der Waals surface area contributed by atoms with Crippen molar-refractivity contribution in [2.45, 2.75) is 31.2 Å². The summed E-state index contributed by atoms with van der Waals surface area (Å²) in [5.74, 6) is 2.15. The second-order valence-corrected chi connectivity index (χ2v) is 9.22. The number of aromatic amines is 1. The first kappa shape index (κ1) is 22.1. The fourth-order valence-corrected chi connectivity index (χ4v) is 5.31. The van der Waals surface area contributed by atoms with E-state index >= 15 is 0 Å². The van der Waals surface area contributed by atoms with Crippen LogP contribution < -0.4 is 10.1 Å². The lowest BCUT2D eigenvalue weighted by Gasteiger charge is -2.39. The molecule has 36 heavy (non-hydrogen) atoms. The highest BCUT2D eigenvalue weighted by atomic mass is 16.5. The first-order valence-electron chi connectivity index (χ1n) is 12.4. The van der Waals surface area contributed by atoms with Gasteiger partial charge < -0.3 is 15.0 Å². The lowest BCUT2D eigenvalue weighted by Crippen LogP contribution is -2.47. The zero-order valence-electron chi connectivity index (χ0n) is 19.9. The summed E-state index contributed by atoms with van der Waals surface area (Å²) in [4.78, 5) is 22.2. The molecule has 2 N–H and O–H groups in total. The SMILES string of the molecule is O=C(NCc1nc2ccccc2[nH]1)C1(CCCc2ccccc2)c2ccccc2Oc2ccccc21. The Labute approximate surface area is 210 Å². The Balaban J connectivity index is 1.36. The fraction of sp³-hybridized carbons (Fsp3) is 0.161. The van der Waals surface area contributed by atoms with Crippen molar-refractivity contribution in [2.24, 2.45) is 0 Å². The van der Waals surface area contributed by atoms with E-state index in [0.717, 1.165) is 52.3 Å². The molecule has 1 aromatic heterocycles. The van der Waals surface area contributed by atoms with Crippen LogP contribution in [0.15, 0.2) is 103 Å². The highest BCUT2D eigenvalue weighted by molar-refractivity contribution is 5.94. The molecule has 1 amide bonds. The van der Waals surface area contributed by atoms with E-state index in [9.17, 15) is 4.79 Å². The van der Waals surface area contributed by atoms with E-state index in [1.54, 1.807) is 0 Å². The number of amides is 1. The minimum atomic E-state index is -0.869. The van der Waals surface area contributed by atoms with Crippen LogP contribution in [0.1, 0.15) is 35.4 Å². The molecule has 1 aliphatic heterocycles. The monoisotopic (exact) mass is 473 g/mol. The number of para-hydroxylation sites is 4. The first-order valence-corrected chi connectivity index (χ1v) is 12.4. The predicted molar refractivity (Wildman–Crippen MR) is 141 cm³/mol. The Bertz CT molecular complexity index is 1440. The topological polar surface area (TPSA) is 67.0 Å². The van der Waals surface area contributed by atoms with Crippen molar-refractivity contribution in [2.75, 3.05) is 0 Å². The summed E-state index contributed by atoms with van der Waals surface area (Å²) in [5, 5.41) is 3.21. The lowest BCUT2D eigenvalue weighted by atomic mass is 9.68. The smallest absolute Gasteiger partial charge is 0.235 e. The number of hydrogen-bond donors (Lipinski definition) is 2. The van der Waals surface area contributed by atoms with Crippen LogP contribution in [-0.4, -0.2) is 15.9 Å². The number of nitrogens with zero attached hydrogens (tertiary/aromatic N) is 1. The normalized spacial score (nSPS) is 13.4. The Morgan fingerprint density at radius 3 is 2.17 bits per heavy atom. The molecule has 0 spiro atoms. The molecule has 0 unspecified atom stereocenters. The second-order valence-electron chi connectivity index (χ2n) is 9.22. The quantitative estimate of drug-likeness (QED) is 0.292. The molecule has 0 saturated carbocycles. The fourth-order valence-electron chi connectivity index (χ4n) is 5.31. The average Bonchev–Trinajstić information content (AvgIpc) is 3.35. The highest BCUT2D eigenvalue weighted by Crippen LogP contribution is 2.50. The number of rotatable bonds is 7. The maximum Gasteiger partial charge on any atom is 0.235 e. The Hall–Kier alpha value is -4.38. The van der Waals surface area contributed by atoms with Crippen molar-refractivity contribution in [3.05, 3.63) is 126 Å². The molecule has 1 aliphatic rings. The van der Waals surface area contributed by atoms with Crippen LogP contribution >= 0.6 is 0 Å². The van der Waals surface area contributed by atoms with E-state index in [4.69, 9.17) is 4.74 Å². The van der Waals surface area contributed by atoms with Gasteiger partial charge in [-0.1, -0.05) is 78.9 Å². The molecule has 0 saturated heterocycles. The summed E-state index contributed by atoms with van der Waals surface area (Å²) in [5.41, 5.74) is 4.05. The number of carbonyl (C=O) groups excluding carboxylic acids is 1. The third-order valence-corrected chi connectivity index (χ3v) is 7.02. The van der Waals surface area contributed by atoms with Crippen LogP contribution in [0.5, 0.6) is 11.5 Å². The van der Waals surface area contributed by atoms with Gasteiger partial charge in [0.1, 0.15) is 22.7 Å². The number of nitrogens with one attached hydrogen (secondary N) is 2. The summed E-state index contributed by atoms with van der Waals surface area (Å²) in [6, 6.07) is 34.1. The molecule has 0 bridgehead atoms. The Morgan fingerprint density at radius 2 is 1.44 bits per heavy atom. The summed E-state index contributed by atoms with van der Waals surface area (Å²) >= 11 is 0. The van der Waals surface area contributed by atoms with Crippen LogP contribution in [0.2, 0.25) is 0 Å². The van der Waals surface area contributed by atoms with Gasteiger partial charge in [0.2, 0.25) is 5.91 Å². The van der Waals surface area contributed by atoms with Gasteiger partial charge in [-0.25, -0.2) is 4.98 Å². The van der Waals surface area contributed by atoms with Gasteiger partial charge in [-0.15, -0.1) is 0 Å². The molecule has 178 valence electrons. The third kappa shape index (κ3) is 3.93. The first-order chi connectivity index (χ1) is 17.7. The van der Waals surface area contributed by atoms with Gasteiger partial charge in [-0.05, 0) is 49.1 Å². The number of fused-ring (bicyclic) bond motifs is 3. The van der Waals surface area contributed by atoms with Crippen molar-refractivity contribution in [3.63, 3.8) is 0 Å². The maximum absolute atomic E-state index is 14.3. The molecular formula is C31H27N3O2. The zero-order valence-corrected chi connectivity index (χ0v) is 19.9. The zero-order chi connectivity index (χ0) is 24.4. The molecule has 0 radical (unpaired) electrons. The van der Waals surface area contributed by atoms with Crippen molar-refractivity contribution < 1.29 is 9.53 Å². The van der Waals surface area contributed by atoms with Gasteiger partial charge in [0.05, 0.1) is 17.6 Å². The average molecular weight is 474 g/mol. The third-order valence-electron chi connectivity index (χ3n) is 7.02. The van der Waals surface area contributed by atoms with Crippen LogP contribution in [0.4, 0.5) is 0 Å². The van der Waals surface area contributed by atoms with E-state index in [2.05, 4.69) is 39.6 Å². The van der Waals surface area contributed by atoms with Gasteiger partial charge in [0.25, 0.3) is 0 Å². The van der Waals surface area contributed by atoms with Crippen LogP contribution in [0.3, 0.4) is 0 Å². The molecule has 0 aliphatic carbocycles. The molecular weight excluding hydrogens is 446 g/mol. The van der Waals surface area contributed by atoms with Gasteiger partial charge in [0, 0.05) is 11.1 Å². The molecule has 5 nitrogen and oxygen atoms in total. The Morgan fingerprint density at radius 1 is 0.806 bits per heavy atom. The summed E-state index contributed by atoms with van der Waals surface area (Å²) in [6.45, 7) is 0.319. The van der Waals surface area contributed by atoms with Crippen molar-refractivity contribution in [3.8, 4) is 11.5 Å². The standard InChI is InChI=1S/C31H27N3O2/c35-30(32-21-29-33-25-16-6-7-17-26(25)34-29)31(20-10-13-22-11-2-1-3-12-22)23-14-4-8-18-27(23)36-28-19-9-5-15-24(28)31/h1-9,11-12,14-19H,10,13,20-21H2,(H,32,35)(H,33,34). The number of imidazole rings is 1. The van der Waals surface area contributed by atoms with Crippen molar-refractivity contribution in [1.29, 1.82) is 0 Å². The molecule has 0 atom stereocenters. The van der Waals surface area contributed by atoms with Crippen molar-refractivity contribution >= 4 is 16.9 Å². The second kappa shape index (κ2) is 9.34. The lowest BCUT2D eigenvalue weighted by molar-refractivity contribution is -0.126. The highest BCUT2D eigenvalue weighted by Gasteiger charge is 2.47.